The molecule has 8 nitrogen and oxygen atoms in total. The van der Waals surface area contributed by atoms with Gasteiger partial charge in [-0.3, -0.25) is 4.98 Å². The van der Waals surface area contributed by atoms with Crippen molar-refractivity contribution < 1.29 is 9.90 Å². The van der Waals surface area contributed by atoms with Crippen LogP contribution in [0.2, 0.25) is 5.15 Å². The average Bonchev–Trinajstić information content (AvgIpc) is 2.78. The summed E-state index contributed by atoms with van der Waals surface area (Å²) in [5, 5.41) is 19.1. The summed E-state index contributed by atoms with van der Waals surface area (Å²) in [6, 6.07) is 0. The zero-order valence-electron chi connectivity index (χ0n) is 9.12. The molecule has 2 heterocycles. The first-order valence-electron chi connectivity index (χ1n) is 5.00. The smallest absolute Gasteiger partial charge is 0.358 e. The number of nitrogens with zero attached hydrogens (tertiary/aromatic N) is 5. The first kappa shape index (κ1) is 12.2. The summed E-state index contributed by atoms with van der Waals surface area (Å²) in [6.45, 7) is 0.950. The lowest BCUT2D eigenvalue weighted by Gasteiger charge is -2.04. The third-order valence-corrected chi connectivity index (χ3v) is 2.19. The van der Waals surface area contributed by atoms with Crippen LogP contribution < -0.4 is 5.32 Å². The van der Waals surface area contributed by atoms with E-state index in [0.29, 0.717) is 24.1 Å². The van der Waals surface area contributed by atoms with Crippen molar-refractivity contribution in [3.8, 4) is 0 Å². The van der Waals surface area contributed by atoms with Crippen LogP contribution in [0.1, 0.15) is 10.5 Å². The van der Waals surface area contributed by atoms with E-state index in [4.69, 9.17) is 16.7 Å². The van der Waals surface area contributed by atoms with E-state index >= 15 is 0 Å². The lowest BCUT2D eigenvalue weighted by atomic mass is 10.5. The van der Waals surface area contributed by atoms with Gasteiger partial charge in [-0.05, 0) is 0 Å². The van der Waals surface area contributed by atoms with Crippen molar-refractivity contribution in [1.82, 2.24) is 25.0 Å². The van der Waals surface area contributed by atoms with Gasteiger partial charge in [0.2, 0.25) is 0 Å². The van der Waals surface area contributed by atoms with Crippen molar-refractivity contribution in [1.29, 1.82) is 0 Å². The van der Waals surface area contributed by atoms with E-state index in [9.17, 15) is 4.79 Å². The molecule has 2 aromatic heterocycles. The Labute approximate surface area is 107 Å². The molecule has 0 aliphatic rings. The van der Waals surface area contributed by atoms with Gasteiger partial charge in [0.25, 0.3) is 0 Å². The van der Waals surface area contributed by atoms with Crippen molar-refractivity contribution in [2.45, 2.75) is 6.54 Å². The maximum atomic E-state index is 10.6. The molecular formula is C9H9ClN6O2. The second-order valence-electron chi connectivity index (χ2n) is 3.33. The number of rotatable bonds is 5. The van der Waals surface area contributed by atoms with Crippen LogP contribution in [-0.2, 0) is 6.54 Å². The van der Waals surface area contributed by atoms with Crippen LogP contribution in [0.15, 0.2) is 18.6 Å². The molecule has 0 unspecified atom stereocenters. The van der Waals surface area contributed by atoms with Gasteiger partial charge in [0, 0.05) is 6.54 Å². The Morgan fingerprint density at radius 3 is 3.00 bits per heavy atom. The van der Waals surface area contributed by atoms with E-state index in [-0.39, 0.29) is 5.69 Å². The summed E-state index contributed by atoms with van der Waals surface area (Å²) < 4.78 is 1.43. The monoisotopic (exact) mass is 268 g/mol. The van der Waals surface area contributed by atoms with Gasteiger partial charge in [0.05, 0.1) is 25.1 Å². The highest BCUT2D eigenvalue weighted by Crippen LogP contribution is 2.06. The quantitative estimate of drug-likeness (QED) is 0.815. The van der Waals surface area contributed by atoms with Crippen LogP contribution in [0.5, 0.6) is 0 Å². The number of hydrogen-bond acceptors (Lipinski definition) is 6. The first-order chi connectivity index (χ1) is 8.65. The Balaban J connectivity index is 1.86. The minimum absolute atomic E-state index is 0.0856. The van der Waals surface area contributed by atoms with Gasteiger partial charge in [0.15, 0.2) is 5.69 Å². The second-order valence-corrected chi connectivity index (χ2v) is 3.71. The SMILES string of the molecule is O=C(O)c1cn(CCNc2cncc(Cl)n2)nn1. The molecule has 2 N–H and O–H groups in total. The second kappa shape index (κ2) is 5.41. The molecule has 0 fully saturated rings. The summed E-state index contributed by atoms with van der Waals surface area (Å²) in [5.41, 5.74) is -0.0856. The summed E-state index contributed by atoms with van der Waals surface area (Å²) in [5.74, 6) is -0.559. The van der Waals surface area contributed by atoms with Crippen LogP contribution in [0.3, 0.4) is 0 Å². The Morgan fingerprint density at radius 2 is 2.33 bits per heavy atom. The van der Waals surface area contributed by atoms with Crippen LogP contribution in [-0.4, -0.2) is 42.6 Å². The van der Waals surface area contributed by atoms with Gasteiger partial charge in [-0.25, -0.2) is 14.5 Å². The van der Waals surface area contributed by atoms with Gasteiger partial charge in [-0.2, -0.15) is 0 Å². The minimum atomic E-state index is -1.10. The molecule has 9 heteroatoms. The third-order valence-electron chi connectivity index (χ3n) is 2.01. The Bertz CT molecular complexity index is 557. The molecule has 0 aliphatic carbocycles. The molecule has 0 atom stereocenters. The van der Waals surface area contributed by atoms with Crippen LogP contribution in [0.25, 0.3) is 0 Å². The van der Waals surface area contributed by atoms with Gasteiger partial charge >= 0.3 is 5.97 Å². The number of nitrogens with one attached hydrogen (secondary N) is 1. The van der Waals surface area contributed by atoms with Crippen molar-refractivity contribution >= 4 is 23.4 Å². The summed E-state index contributed by atoms with van der Waals surface area (Å²) >= 11 is 5.67. The molecular weight excluding hydrogens is 260 g/mol. The Kier molecular flexibility index (Phi) is 3.68. The fourth-order valence-electron chi connectivity index (χ4n) is 1.23. The lowest BCUT2D eigenvalue weighted by molar-refractivity contribution is 0.0690. The number of carbonyl (C=O) groups is 1. The molecule has 0 radical (unpaired) electrons. The van der Waals surface area contributed by atoms with Crippen molar-refractivity contribution in [3.63, 3.8) is 0 Å². The fourth-order valence-corrected chi connectivity index (χ4v) is 1.38. The van der Waals surface area contributed by atoms with E-state index in [1.54, 1.807) is 0 Å². The largest absolute Gasteiger partial charge is 0.476 e. The highest BCUT2D eigenvalue weighted by Gasteiger charge is 2.07. The number of aromatic nitrogens is 5. The summed E-state index contributed by atoms with van der Waals surface area (Å²) in [6.07, 6.45) is 4.33. The van der Waals surface area contributed by atoms with E-state index in [1.807, 2.05) is 0 Å². The molecule has 0 saturated carbocycles. The molecule has 0 aliphatic heterocycles. The van der Waals surface area contributed by atoms with Crippen molar-refractivity contribution in [2.75, 3.05) is 11.9 Å². The number of carboxylic acids is 1. The van der Waals surface area contributed by atoms with Gasteiger partial charge in [-0.15, -0.1) is 5.10 Å². The van der Waals surface area contributed by atoms with Gasteiger partial charge in [-0.1, -0.05) is 16.8 Å². The molecule has 0 spiro atoms. The Hall–Kier alpha value is -2.22. The topological polar surface area (TPSA) is 106 Å². The average molecular weight is 269 g/mol. The van der Waals surface area contributed by atoms with E-state index in [1.165, 1.54) is 23.3 Å². The first-order valence-corrected chi connectivity index (χ1v) is 5.38. The van der Waals surface area contributed by atoms with Crippen molar-refractivity contribution in [3.05, 3.63) is 29.4 Å². The molecule has 0 amide bonds. The standard InChI is InChI=1S/C9H9ClN6O2/c10-7-3-11-4-8(13-7)12-1-2-16-5-6(9(17)18)14-15-16/h3-5H,1-2H2,(H,12,13)(H,17,18). The highest BCUT2D eigenvalue weighted by molar-refractivity contribution is 6.29. The molecule has 0 aromatic carbocycles. The van der Waals surface area contributed by atoms with Crippen molar-refractivity contribution in [2.24, 2.45) is 0 Å². The normalized spacial score (nSPS) is 10.3. The van der Waals surface area contributed by atoms with E-state index < -0.39 is 5.97 Å². The molecule has 94 valence electrons. The Morgan fingerprint density at radius 1 is 1.50 bits per heavy atom. The lowest BCUT2D eigenvalue weighted by Crippen LogP contribution is -2.12. The van der Waals surface area contributed by atoms with Crippen LogP contribution >= 0.6 is 11.6 Å². The molecule has 0 bridgehead atoms. The molecule has 2 rings (SSSR count). The highest BCUT2D eigenvalue weighted by atomic mass is 35.5. The zero-order valence-corrected chi connectivity index (χ0v) is 9.87. The van der Waals surface area contributed by atoms with E-state index in [0.717, 1.165) is 0 Å². The maximum Gasteiger partial charge on any atom is 0.358 e. The number of carboxylic acid groups (broad SMARTS) is 1. The van der Waals surface area contributed by atoms with Gasteiger partial charge in [0.1, 0.15) is 11.0 Å². The number of aromatic carboxylic acids is 1. The molecule has 0 saturated heterocycles. The number of anilines is 1. The summed E-state index contributed by atoms with van der Waals surface area (Å²) in [4.78, 5) is 18.4. The molecule has 18 heavy (non-hydrogen) atoms. The fraction of sp³-hybridized carbons (Fsp3) is 0.222. The third kappa shape index (κ3) is 3.14. The van der Waals surface area contributed by atoms with Gasteiger partial charge < -0.3 is 10.4 Å². The number of hydrogen-bond donors (Lipinski definition) is 2. The predicted molar refractivity (Wildman–Crippen MR) is 62.5 cm³/mol. The predicted octanol–water partition coefficient (Wildman–Crippen LogP) is 0.532. The van der Waals surface area contributed by atoms with Crippen LogP contribution in [0.4, 0.5) is 5.82 Å². The number of halogens is 1. The van der Waals surface area contributed by atoms with E-state index in [2.05, 4.69) is 25.6 Å². The van der Waals surface area contributed by atoms with Crippen LogP contribution in [0, 0.1) is 0 Å². The maximum absolute atomic E-state index is 10.6. The minimum Gasteiger partial charge on any atom is -0.476 e. The zero-order chi connectivity index (χ0) is 13.0. The molecule has 2 aromatic rings. The summed E-state index contributed by atoms with van der Waals surface area (Å²) in [7, 11) is 0.